The van der Waals surface area contributed by atoms with Crippen molar-refractivity contribution in [3.05, 3.63) is 24.3 Å². The molecule has 2 rings (SSSR count). The van der Waals surface area contributed by atoms with Crippen LogP contribution in [0.3, 0.4) is 0 Å². The zero-order valence-corrected chi connectivity index (χ0v) is 9.35. The van der Waals surface area contributed by atoms with E-state index in [1.54, 1.807) is 12.4 Å². The van der Waals surface area contributed by atoms with Gasteiger partial charge in [0.1, 0.15) is 0 Å². The van der Waals surface area contributed by atoms with Crippen LogP contribution >= 0.6 is 0 Å². The van der Waals surface area contributed by atoms with E-state index in [1.165, 1.54) is 6.42 Å². The molecule has 1 aromatic rings. The standard InChI is InChI=1S/C11H18N4/c1-9(11-8-13-5-6-14-11)15(2)10-3-4-12-7-10/h5-6,8-10,12H,3-4,7H2,1-2H3/t9?,10-/m1/s1. The molecule has 15 heavy (non-hydrogen) atoms. The first-order valence-electron chi connectivity index (χ1n) is 5.47. The summed E-state index contributed by atoms with van der Waals surface area (Å²) in [6.45, 7) is 4.39. The molecule has 1 unspecified atom stereocenters. The monoisotopic (exact) mass is 206 g/mol. The maximum absolute atomic E-state index is 4.35. The van der Waals surface area contributed by atoms with Gasteiger partial charge in [-0.1, -0.05) is 0 Å². The fourth-order valence-electron chi connectivity index (χ4n) is 2.04. The van der Waals surface area contributed by atoms with Gasteiger partial charge < -0.3 is 5.32 Å². The SMILES string of the molecule is CC(c1cnccn1)N(C)[C@@H]1CCNC1. The molecule has 82 valence electrons. The molecule has 4 nitrogen and oxygen atoms in total. The minimum Gasteiger partial charge on any atom is -0.315 e. The minimum absolute atomic E-state index is 0.337. The summed E-state index contributed by atoms with van der Waals surface area (Å²) >= 11 is 0. The van der Waals surface area contributed by atoms with Crippen molar-refractivity contribution in [2.24, 2.45) is 0 Å². The van der Waals surface area contributed by atoms with Gasteiger partial charge in [-0.2, -0.15) is 0 Å². The molecule has 0 radical (unpaired) electrons. The number of hydrogen-bond acceptors (Lipinski definition) is 4. The average molecular weight is 206 g/mol. The second-order valence-corrected chi connectivity index (χ2v) is 4.12. The van der Waals surface area contributed by atoms with Crippen molar-refractivity contribution in [1.29, 1.82) is 0 Å². The summed E-state index contributed by atoms with van der Waals surface area (Å²) in [6, 6.07) is 0.964. The number of rotatable bonds is 3. The molecule has 0 aromatic carbocycles. The van der Waals surface area contributed by atoms with Crippen LogP contribution in [0.25, 0.3) is 0 Å². The van der Waals surface area contributed by atoms with Gasteiger partial charge >= 0.3 is 0 Å². The number of nitrogens with zero attached hydrogens (tertiary/aromatic N) is 3. The fourth-order valence-corrected chi connectivity index (χ4v) is 2.04. The van der Waals surface area contributed by atoms with Crippen LogP contribution < -0.4 is 5.32 Å². The molecule has 2 atom stereocenters. The zero-order chi connectivity index (χ0) is 10.7. The Hall–Kier alpha value is -1.00. The van der Waals surface area contributed by atoms with Gasteiger partial charge in [-0.05, 0) is 26.9 Å². The Kier molecular flexibility index (Phi) is 3.28. The van der Waals surface area contributed by atoms with Gasteiger partial charge in [-0.25, -0.2) is 0 Å². The lowest BCUT2D eigenvalue weighted by Crippen LogP contribution is -2.35. The Morgan fingerprint density at radius 3 is 3.00 bits per heavy atom. The van der Waals surface area contributed by atoms with E-state index >= 15 is 0 Å². The Bertz CT molecular complexity index is 295. The molecular formula is C11H18N4. The summed E-state index contributed by atoms with van der Waals surface area (Å²) in [5.41, 5.74) is 1.05. The van der Waals surface area contributed by atoms with Crippen LogP contribution in [0.1, 0.15) is 25.1 Å². The van der Waals surface area contributed by atoms with Crippen LogP contribution in [0.5, 0.6) is 0 Å². The van der Waals surface area contributed by atoms with Gasteiger partial charge in [0.05, 0.1) is 11.7 Å². The van der Waals surface area contributed by atoms with Gasteiger partial charge in [-0.15, -0.1) is 0 Å². The summed E-state index contributed by atoms with van der Waals surface area (Å²) in [7, 11) is 2.16. The van der Waals surface area contributed by atoms with Gasteiger partial charge in [-0.3, -0.25) is 14.9 Å². The van der Waals surface area contributed by atoms with Crippen LogP contribution in [-0.2, 0) is 0 Å². The number of nitrogens with one attached hydrogen (secondary N) is 1. The topological polar surface area (TPSA) is 41.1 Å². The lowest BCUT2D eigenvalue weighted by molar-refractivity contribution is 0.193. The normalized spacial score (nSPS) is 23.3. The highest BCUT2D eigenvalue weighted by atomic mass is 15.2. The zero-order valence-electron chi connectivity index (χ0n) is 9.35. The van der Waals surface area contributed by atoms with Crippen molar-refractivity contribution < 1.29 is 0 Å². The summed E-state index contributed by atoms with van der Waals surface area (Å²) in [6.07, 6.45) is 6.55. The molecule has 4 heteroatoms. The van der Waals surface area contributed by atoms with Gasteiger partial charge in [0.2, 0.25) is 0 Å². The van der Waals surface area contributed by atoms with Gasteiger partial charge in [0.25, 0.3) is 0 Å². The summed E-state index contributed by atoms with van der Waals surface area (Å²) in [5, 5.41) is 3.38. The molecule has 0 amide bonds. The molecule has 1 aromatic heterocycles. The summed E-state index contributed by atoms with van der Waals surface area (Å²) in [5.74, 6) is 0. The second kappa shape index (κ2) is 4.68. The van der Waals surface area contributed by atoms with Gasteiger partial charge in [0.15, 0.2) is 0 Å². The highest BCUT2D eigenvalue weighted by Crippen LogP contribution is 2.20. The first-order valence-corrected chi connectivity index (χ1v) is 5.47. The van der Waals surface area contributed by atoms with E-state index in [1.807, 2.05) is 6.20 Å². The molecular weight excluding hydrogens is 188 g/mol. The molecule has 1 aliphatic rings. The Morgan fingerprint density at radius 1 is 1.53 bits per heavy atom. The second-order valence-electron chi connectivity index (χ2n) is 4.12. The van der Waals surface area contributed by atoms with E-state index in [2.05, 4.69) is 34.2 Å². The number of likely N-dealkylation sites (N-methyl/N-ethyl adjacent to an activating group) is 1. The van der Waals surface area contributed by atoms with Crippen LogP contribution in [0, 0.1) is 0 Å². The third kappa shape index (κ3) is 2.33. The van der Waals surface area contributed by atoms with E-state index in [-0.39, 0.29) is 0 Å². The molecule has 0 saturated carbocycles. The molecule has 1 fully saturated rings. The van der Waals surface area contributed by atoms with Crippen molar-refractivity contribution in [2.45, 2.75) is 25.4 Å². The molecule has 0 bridgehead atoms. The van der Waals surface area contributed by atoms with Crippen molar-refractivity contribution in [3.63, 3.8) is 0 Å². The fraction of sp³-hybridized carbons (Fsp3) is 0.636. The quantitative estimate of drug-likeness (QED) is 0.795. The highest BCUT2D eigenvalue weighted by Gasteiger charge is 2.24. The third-order valence-corrected chi connectivity index (χ3v) is 3.23. The highest BCUT2D eigenvalue weighted by molar-refractivity contribution is 5.02. The van der Waals surface area contributed by atoms with Gasteiger partial charge in [0, 0.05) is 31.2 Å². The number of hydrogen-bond donors (Lipinski definition) is 1. The minimum atomic E-state index is 0.337. The molecule has 2 heterocycles. The maximum Gasteiger partial charge on any atom is 0.0755 e. The first kappa shape index (κ1) is 10.5. The van der Waals surface area contributed by atoms with E-state index in [0.717, 1.165) is 18.8 Å². The molecule has 1 aliphatic heterocycles. The smallest absolute Gasteiger partial charge is 0.0755 e. The van der Waals surface area contributed by atoms with Crippen LogP contribution in [0.15, 0.2) is 18.6 Å². The van der Waals surface area contributed by atoms with E-state index in [9.17, 15) is 0 Å². The Morgan fingerprint density at radius 2 is 2.40 bits per heavy atom. The first-order chi connectivity index (χ1) is 7.29. The van der Waals surface area contributed by atoms with Crippen LogP contribution in [0.2, 0.25) is 0 Å². The van der Waals surface area contributed by atoms with E-state index in [0.29, 0.717) is 12.1 Å². The van der Waals surface area contributed by atoms with Crippen molar-refractivity contribution in [1.82, 2.24) is 20.2 Å². The van der Waals surface area contributed by atoms with E-state index < -0.39 is 0 Å². The average Bonchev–Trinajstić information content (AvgIpc) is 2.82. The summed E-state index contributed by atoms with van der Waals surface area (Å²) < 4.78 is 0. The largest absolute Gasteiger partial charge is 0.315 e. The molecule has 1 N–H and O–H groups in total. The third-order valence-electron chi connectivity index (χ3n) is 3.23. The Balaban J connectivity index is 2.03. The van der Waals surface area contributed by atoms with E-state index in [4.69, 9.17) is 0 Å². The lowest BCUT2D eigenvalue weighted by Gasteiger charge is -2.29. The van der Waals surface area contributed by atoms with Crippen LogP contribution in [0.4, 0.5) is 0 Å². The van der Waals surface area contributed by atoms with Crippen LogP contribution in [-0.4, -0.2) is 41.0 Å². The molecule has 0 aliphatic carbocycles. The van der Waals surface area contributed by atoms with Crippen molar-refractivity contribution in [2.75, 3.05) is 20.1 Å². The summed E-state index contributed by atoms with van der Waals surface area (Å²) in [4.78, 5) is 10.8. The predicted octanol–water partition coefficient (Wildman–Crippen LogP) is 0.831. The maximum atomic E-state index is 4.35. The molecule has 0 spiro atoms. The van der Waals surface area contributed by atoms with Crippen molar-refractivity contribution >= 4 is 0 Å². The molecule has 1 saturated heterocycles. The number of aromatic nitrogens is 2. The van der Waals surface area contributed by atoms with Crippen molar-refractivity contribution in [3.8, 4) is 0 Å². The predicted molar refractivity (Wildman–Crippen MR) is 59.5 cm³/mol. The Labute approximate surface area is 90.7 Å². The lowest BCUT2D eigenvalue weighted by atomic mass is 10.1.